The Balaban J connectivity index is 1.88. The van der Waals surface area contributed by atoms with Gasteiger partial charge in [-0.1, -0.05) is 29.8 Å². The Morgan fingerprint density at radius 3 is 2.27 bits per heavy atom. The Hall–Kier alpha value is -3.38. The van der Waals surface area contributed by atoms with E-state index in [1.807, 2.05) is 36.1 Å². The normalized spacial score (nSPS) is 29.2. The Bertz CT molecular complexity index is 948. The quantitative estimate of drug-likeness (QED) is 0.442. The van der Waals surface area contributed by atoms with Gasteiger partial charge in [0.2, 0.25) is 11.8 Å². The molecule has 4 atom stereocenters. The average molecular weight is 344 g/mol. The number of anilines is 1. The average Bonchev–Trinajstić information content (AvgIpc) is 2.91. The third kappa shape index (κ3) is 1.90. The summed E-state index contributed by atoms with van der Waals surface area (Å²) >= 11 is 0. The number of piperidine rings is 1. The van der Waals surface area contributed by atoms with Crippen molar-refractivity contribution >= 4 is 17.5 Å². The molecule has 0 aromatic heterocycles. The number of rotatable bonds is 1. The van der Waals surface area contributed by atoms with Crippen LogP contribution in [0.1, 0.15) is 6.92 Å². The summed E-state index contributed by atoms with van der Waals surface area (Å²) in [6.45, 7) is 1.90. The second kappa shape index (κ2) is 5.57. The third-order valence-corrected chi connectivity index (χ3v) is 5.67. The molecule has 0 N–H and O–H groups in total. The van der Waals surface area contributed by atoms with Crippen molar-refractivity contribution in [1.29, 1.82) is 10.5 Å². The van der Waals surface area contributed by atoms with Gasteiger partial charge in [-0.3, -0.25) is 9.59 Å². The van der Waals surface area contributed by atoms with Gasteiger partial charge in [-0.15, -0.1) is 0 Å². The van der Waals surface area contributed by atoms with Gasteiger partial charge in [0.1, 0.15) is 17.7 Å². The number of hydrogen-bond donors (Lipinski definition) is 0. The van der Waals surface area contributed by atoms with Crippen molar-refractivity contribution in [2.24, 2.45) is 17.8 Å². The number of carbonyl (C=O) groups excluding carboxylic acids is 2. The summed E-state index contributed by atoms with van der Waals surface area (Å²) in [7, 11) is 1.78. The van der Waals surface area contributed by atoms with E-state index in [0.717, 1.165) is 5.57 Å². The van der Waals surface area contributed by atoms with Crippen molar-refractivity contribution < 1.29 is 9.59 Å². The van der Waals surface area contributed by atoms with Gasteiger partial charge < -0.3 is 4.90 Å². The van der Waals surface area contributed by atoms with Gasteiger partial charge in [0.15, 0.2) is 0 Å². The highest BCUT2D eigenvalue weighted by Crippen LogP contribution is 2.53. The van der Waals surface area contributed by atoms with Gasteiger partial charge >= 0.3 is 0 Å². The van der Waals surface area contributed by atoms with Crippen LogP contribution in [-0.4, -0.2) is 29.8 Å². The van der Waals surface area contributed by atoms with E-state index in [-0.39, 0.29) is 23.4 Å². The molecule has 1 aromatic rings. The first-order valence-corrected chi connectivity index (χ1v) is 8.39. The minimum Gasteiger partial charge on any atom is -0.368 e. The van der Waals surface area contributed by atoms with E-state index in [1.165, 1.54) is 4.90 Å². The molecule has 128 valence electrons. The highest BCUT2D eigenvalue weighted by atomic mass is 16.2. The number of nitrogens with zero attached hydrogens (tertiary/aromatic N) is 4. The summed E-state index contributed by atoms with van der Waals surface area (Å²) in [5, 5.41) is 18.7. The monoisotopic (exact) mass is 344 g/mol. The first-order chi connectivity index (χ1) is 12.5. The van der Waals surface area contributed by atoms with Crippen molar-refractivity contribution in [3.63, 3.8) is 0 Å². The van der Waals surface area contributed by atoms with Gasteiger partial charge in [-0.2, -0.15) is 10.5 Å². The first kappa shape index (κ1) is 16.1. The van der Waals surface area contributed by atoms with Crippen LogP contribution in [0.4, 0.5) is 5.69 Å². The fourth-order valence-corrected chi connectivity index (χ4v) is 4.60. The summed E-state index contributed by atoms with van der Waals surface area (Å²) in [4.78, 5) is 29.4. The summed E-state index contributed by atoms with van der Waals surface area (Å²) < 4.78 is 0. The zero-order valence-corrected chi connectivity index (χ0v) is 14.4. The lowest BCUT2D eigenvalue weighted by atomic mass is 9.65. The van der Waals surface area contributed by atoms with E-state index in [2.05, 4.69) is 0 Å². The van der Waals surface area contributed by atoms with E-state index in [1.54, 1.807) is 31.3 Å². The molecule has 6 nitrogen and oxygen atoms in total. The number of amides is 2. The molecular formula is C20H16N4O2. The molecule has 0 saturated carbocycles. The number of nitriles is 2. The third-order valence-electron chi connectivity index (χ3n) is 5.67. The lowest BCUT2D eigenvalue weighted by Gasteiger charge is -2.50. The van der Waals surface area contributed by atoms with Crippen molar-refractivity contribution in [3.05, 3.63) is 53.3 Å². The van der Waals surface area contributed by atoms with Gasteiger partial charge in [0, 0.05) is 13.0 Å². The molecule has 1 aromatic carbocycles. The molecule has 0 radical (unpaired) electrons. The highest BCUT2D eigenvalue weighted by Gasteiger charge is 2.61. The van der Waals surface area contributed by atoms with Crippen LogP contribution in [0.3, 0.4) is 0 Å². The predicted octanol–water partition coefficient (Wildman–Crippen LogP) is 1.98. The molecule has 5 rings (SSSR count). The van der Waals surface area contributed by atoms with E-state index in [9.17, 15) is 20.1 Å². The van der Waals surface area contributed by atoms with E-state index in [0.29, 0.717) is 11.4 Å². The Morgan fingerprint density at radius 1 is 1.04 bits per heavy atom. The topological polar surface area (TPSA) is 88.2 Å². The van der Waals surface area contributed by atoms with Crippen LogP contribution in [0.2, 0.25) is 0 Å². The van der Waals surface area contributed by atoms with Crippen molar-refractivity contribution in [1.82, 2.24) is 4.90 Å². The summed E-state index contributed by atoms with van der Waals surface area (Å²) in [6.07, 6.45) is 1.99. The lowest BCUT2D eigenvalue weighted by Crippen LogP contribution is -2.54. The Morgan fingerprint density at radius 2 is 1.65 bits per heavy atom. The predicted molar refractivity (Wildman–Crippen MR) is 93.0 cm³/mol. The second-order valence-electron chi connectivity index (χ2n) is 6.87. The number of fused-ring (bicyclic) bond motifs is 1. The molecule has 2 amide bonds. The van der Waals surface area contributed by atoms with Crippen molar-refractivity contribution in [2.45, 2.75) is 13.0 Å². The molecule has 3 heterocycles. The number of benzene rings is 1. The SMILES string of the molecule is CC1=C[C@H]2[C@H]3C(=O)N(c4ccccc4)C(=O)[C@H]3[C@@H]1C(=C(C#N)C#N)N2C. The van der Waals surface area contributed by atoms with Crippen molar-refractivity contribution in [3.8, 4) is 12.1 Å². The van der Waals surface area contributed by atoms with Crippen molar-refractivity contribution in [2.75, 3.05) is 11.9 Å². The Kier molecular flexibility index (Phi) is 3.45. The maximum Gasteiger partial charge on any atom is 0.240 e. The summed E-state index contributed by atoms with van der Waals surface area (Å²) in [6, 6.07) is 12.5. The molecule has 3 aliphatic heterocycles. The minimum atomic E-state index is -0.569. The van der Waals surface area contributed by atoms with Crippen LogP contribution in [0.25, 0.3) is 0 Å². The van der Waals surface area contributed by atoms with Crippen LogP contribution in [0.5, 0.6) is 0 Å². The van der Waals surface area contributed by atoms with Crippen LogP contribution in [0, 0.1) is 40.4 Å². The van der Waals surface area contributed by atoms with Gasteiger partial charge in [-0.25, -0.2) is 4.90 Å². The van der Waals surface area contributed by atoms with Gasteiger partial charge in [-0.05, 0) is 19.1 Å². The molecule has 1 aliphatic carbocycles. The van der Waals surface area contributed by atoms with E-state index in [4.69, 9.17) is 0 Å². The smallest absolute Gasteiger partial charge is 0.240 e. The van der Waals surface area contributed by atoms with Crippen LogP contribution < -0.4 is 4.90 Å². The highest BCUT2D eigenvalue weighted by molar-refractivity contribution is 6.23. The maximum atomic E-state index is 13.2. The first-order valence-electron chi connectivity index (χ1n) is 8.39. The maximum absolute atomic E-state index is 13.2. The van der Waals surface area contributed by atoms with E-state index >= 15 is 0 Å². The number of hydrogen-bond acceptors (Lipinski definition) is 5. The van der Waals surface area contributed by atoms with Crippen LogP contribution in [-0.2, 0) is 9.59 Å². The molecule has 26 heavy (non-hydrogen) atoms. The number of para-hydroxylation sites is 1. The molecule has 0 spiro atoms. The molecule has 0 unspecified atom stereocenters. The fourth-order valence-electron chi connectivity index (χ4n) is 4.60. The molecule has 2 fully saturated rings. The summed E-state index contributed by atoms with van der Waals surface area (Å²) in [5.41, 5.74) is 2.05. The largest absolute Gasteiger partial charge is 0.368 e. The standard InChI is InChI=1S/C20H16N4O2/c1-11-8-14-16-17(15(11)18(23(14)2)12(9-21)10-22)20(26)24(19(16)25)13-6-4-3-5-7-13/h3-8,14-17H,1-2H3/t14-,15+,16+,17-/m0/s1. The number of carbonyl (C=O) groups is 2. The molecule has 2 saturated heterocycles. The summed E-state index contributed by atoms with van der Waals surface area (Å²) in [5.74, 6) is -1.96. The van der Waals surface area contributed by atoms with Gasteiger partial charge in [0.25, 0.3) is 0 Å². The molecule has 2 bridgehead atoms. The number of allylic oxidation sites excluding steroid dienone is 2. The Labute approximate surface area is 151 Å². The van der Waals surface area contributed by atoms with Crippen LogP contribution in [0.15, 0.2) is 53.3 Å². The van der Waals surface area contributed by atoms with Crippen LogP contribution >= 0.6 is 0 Å². The number of imide groups is 1. The number of likely N-dealkylation sites (N-methyl/N-ethyl adjacent to an activating group) is 1. The molecular weight excluding hydrogens is 328 g/mol. The van der Waals surface area contributed by atoms with E-state index < -0.39 is 17.8 Å². The lowest BCUT2D eigenvalue weighted by molar-refractivity contribution is -0.124. The zero-order valence-electron chi connectivity index (χ0n) is 14.4. The second-order valence-corrected chi connectivity index (χ2v) is 6.87. The minimum absolute atomic E-state index is 0.00631. The van der Waals surface area contributed by atoms with Gasteiger partial charge in [0.05, 0.1) is 29.3 Å². The zero-order chi connectivity index (χ0) is 18.6. The molecule has 4 aliphatic rings. The molecule has 6 heteroatoms. The fraction of sp³-hybridized carbons (Fsp3) is 0.300.